The largest absolute Gasteiger partial charge is 0.488 e. The summed E-state index contributed by atoms with van der Waals surface area (Å²) in [5.41, 5.74) is 2.38. The van der Waals surface area contributed by atoms with Gasteiger partial charge in [0.15, 0.2) is 0 Å². The van der Waals surface area contributed by atoms with E-state index in [-0.39, 0.29) is 46.9 Å². The number of methoxy groups -OCH3 is 2. The number of fused-ring (bicyclic) bond motifs is 3. The number of benzene rings is 2. The third-order valence-electron chi connectivity index (χ3n) is 11.2. The molecule has 3 aliphatic rings. The van der Waals surface area contributed by atoms with Crippen LogP contribution >= 0.6 is 0 Å². The van der Waals surface area contributed by atoms with Gasteiger partial charge in [0.1, 0.15) is 47.7 Å². The molecule has 1 unspecified atom stereocenters. The van der Waals surface area contributed by atoms with Crippen molar-refractivity contribution in [3.63, 3.8) is 0 Å². The molecule has 308 valence electrons. The molecule has 0 bridgehead atoms. The molecule has 4 aromatic rings. The number of halogens is 2. The highest BCUT2D eigenvalue weighted by atomic mass is 19.1. The van der Waals surface area contributed by atoms with Crippen LogP contribution in [0.5, 0.6) is 5.75 Å². The number of rotatable bonds is 10. The molecule has 4 atom stereocenters. The number of likely N-dealkylation sites (tertiary alicyclic amines) is 2. The molecular weight excluding hydrogens is 754 g/mol. The molecular formula is C41H48F2N8O7. The van der Waals surface area contributed by atoms with Crippen LogP contribution in [0.3, 0.4) is 0 Å². The summed E-state index contributed by atoms with van der Waals surface area (Å²) in [6.45, 7) is 8.20. The maximum Gasteiger partial charge on any atom is 0.407 e. The highest BCUT2D eigenvalue weighted by molar-refractivity contribution is 5.87. The molecule has 0 aliphatic carbocycles. The lowest BCUT2D eigenvalue weighted by Crippen LogP contribution is -2.51. The number of aromatic amines is 2. The van der Waals surface area contributed by atoms with Crippen molar-refractivity contribution in [1.29, 1.82) is 0 Å². The molecule has 4 amide bonds. The van der Waals surface area contributed by atoms with Gasteiger partial charge in [0.2, 0.25) is 11.8 Å². The molecule has 3 aliphatic heterocycles. The molecule has 15 nitrogen and oxygen atoms in total. The Hall–Kier alpha value is -6.00. The number of hydrogen-bond acceptors (Lipinski definition) is 9. The second-order valence-corrected chi connectivity index (χ2v) is 15.5. The van der Waals surface area contributed by atoms with Crippen LogP contribution in [0.1, 0.15) is 82.7 Å². The number of carbonyl (C=O) groups is 4. The van der Waals surface area contributed by atoms with E-state index in [9.17, 15) is 19.2 Å². The fourth-order valence-corrected chi connectivity index (χ4v) is 8.13. The Balaban J connectivity index is 1.10. The lowest BCUT2D eigenvalue weighted by atomic mass is 9.92. The van der Waals surface area contributed by atoms with Crippen molar-refractivity contribution in [2.75, 3.05) is 27.3 Å². The summed E-state index contributed by atoms with van der Waals surface area (Å²) in [4.78, 5) is 70.0. The van der Waals surface area contributed by atoms with E-state index >= 15 is 8.78 Å². The topological polar surface area (TPSA) is 184 Å². The molecule has 0 spiro atoms. The van der Waals surface area contributed by atoms with Crippen molar-refractivity contribution < 1.29 is 42.2 Å². The van der Waals surface area contributed by atoms with Gasteiger partial charge in [-0.1, -0.05) is 33.8 Å². The third kappa shape index (κ3) is 7.56. The molecule has 2 aromatic heterocycles. The zero-order valence-electron chi connectivity index (χ0n) is 33.3. The Morgan fingerprint density at radius 2 is 1.26 bits per heavy atom. The molecule has 5 heterocycles. The maximum atomic E-state index is 16.3. The number of amides is 4. The molecule has 58 heavy (non-hydrogen) atoms. The number of alkyl carbamates (subject to hydrolysis) is 2. The van der Waals surface area contributed by atoms with E-state index in [1.165, 1.54) is 32.7 Å². The maximum absolute atomic E-state index is 16.3. The first kappa shape index (κ1) is 40.2. The quantitative estimate of drug-likeness (QED) is 0.141. The van der Waals surface area contributed by atoms with Gasteiger partial charge in [0, 0.05) is 35.3 Å². The van der Waals surface area contributed by atoms with Gasteiger partial charge in [-0.05, 0) is 61.3 Å². The first-order valence-corrected chi connectivity index (χ1v) is 19.5. The smallest absolute Gasteiger partial charge is 0.407 e. The minimum absolute atomic E-state index is 0.104. The van der Waals surface area contributed by atoms with Crippen LogP contribution < -0.4 is 15.4 Å². The Labute approximate surface area is 334 Å². The van der Waals surface area contributed by atoms with Crippen LogP contribution in [0, 0.1) is 23.5 Å². The molecule has 2 aromatic carbocycles. The number of imidazole rings is 2. The van der Waals surface area contributed by atoms with Gasteiger partial charge < -0.3 is 44.6 Å². The molecule has 17 heteroatoms. The Morgan fingerprint density at radius 3 is 1.76 bits per heavy atom. The Bertz CT molecular complexity index is 2120. The minimum atomic E-state index is -0.791. The molecule has 0 saturated carbocycles. The SMILES string of the molecule is COC(=O)NC(C(=O)N1CCC[C@H]1c1ncc(-c2cc3c(cc2F)-c2ccc(-c4cnc([C@@H]5CCCN5C(=O)[C@@H](NC(=O)OC)C(C)C)[nH]4)c(F)c2CO3)[nH]1)C(C)C. The van der Waals surface area contributed by atoms with Crippen LogP contribution in [0.25, 0.3) is 33.6 Å². The minimum Gasteiger partial charge on any atom is -0.488 e. The summed E-state index contributed by atoms with van der Waals surface area (Å²) in [5, 5.41) is 5.27. The second kappa shape index (κ2) is 16.5. The van der Waals surface area contributed by atoms with Gasteiger partial charge in [-0.2, -0.15) is 0 Å². The van der Waals surface area contributed by atoms with Crippen LogP contribution in [-0.2, 0) is 25.7 Å². The number of carbonyl (C=O) groups excluding carboxylic acids is 4. The lowest BCUT2D eigenvalue weighted by Gasteiger charge is -2.30. The van der Waals surface area contributed by atoms with E-state index in [4.69, 9.17) is 14.2 Å². The van der Waals surface area contributed by atoms with E-state index in [2.05, 4.69) is 30.6 Å². The van der Waals surface area contributed by atoms with Gasteiger partial charge in [-0.15, -0.1) is 0 Å². The van der Waals surface area contributed by atoms with Crippen molar-refractivity contribution in [1.82, 2.24) is 40.4 Å². The van der Waals surface area contributed by atoms with Crippen LogP contribution in [0.15, 0.2) is 36.7 Å². The predicted molar refractivity (Wildman–Crippen MR) is 207 cm³/mol. The van der Waals surface area contributed by atoms with Crippen LogP contribution in [0.2, 0.25) is 0 Å². The fourth-order valence-electron chi connectivity index (χ4n) is 8.13. The van der Waals surface area contributed by atoms with E-state index in [0.717, 1.165) is 12.8 Å². The average molecular weight is 803 g/mol. The molecule has 0 radical (unpaired) electrons. The van der Waals surface area contributed by atoms with Gasteiger partial charge in [-0.3, -0.25) is 9.59 Å². The van der Waals surface area contributed by atoms with Crippen LogP contribution in [-0.4, -0.2) is 93.1 Å². The normalized spacial score (nSPS) is 18.4. The number of hydrogen-bond donors (Lipinski definition) is 4. The van der Waals surface area contributed by atoms with Gasteiger partial charge in [0.05, 0.1) is 50.1 Å². The van der Waals surface area contributed by atoms with Crippen molar-refractivity contribution in [3.05, 3.63) is 65.5 Å². The van der Waals surface area contributed by atoms with Crippen molar-refractivity contribution in [2.45, 2.75) is 84.2 Å². The fraction of sp³-hybridized carbons (Fsp3) is 0.463. The number of aromatic nitrogens is 4. The lowest BCUT2D eigenvalue weighted by molar-refractivity contribution is -0.136. The zero-order valence-corrected chi connectivity index (χ0v) is 33.3. The van der Waals surface area contributed by atoms with E-state index < -0.39 is 48.0 Å². The van der Waals surface area contributed by atoms with E-state index in [1.54, 1.807) is 28.0 Å². The summed E-state index contributed by atoms with van der Waals surface area (Å²) in [7, 11) is 2.49. The number of ether oxygens (including phenoxy) is 3. The molecule has 2 saturated heterocycles. The van der Waals surface area contributed by atoms with E-state index in [0.29, 0.717) is 65.8 Å². The Kier molecular flexibility index (Phi) is 11.4. The summed E-state index contributed by atoms with van der Waals surface area (Å²) in [6, 6.07) is 3.84. The van der Waals surface area contributed by atoms with Crippen molar-refractivity contribution in [2.24, 2.45) is 11.8 Å². The van der Waals surface area contributed by atoms with Gasteiger partial charge >= 0.3 is 12.2 Å². The average Bonchev–Trinajstić information content (AvgIpc) is 4.05. The van der Waals surface area contributed by atoms with E-state index in [1.807, 2.05) is 27.7 Å². The summed E-state index contributed by atoms with van der Waals surface area (Å²) in [5.74, 6) is -0.648. The molecule has 4 N–H and O–H groups in total. The zero-order chi connectivity index (χ0) is 41.4. The summed E-state index contributed by atoms with van der Waals surface area (Å²) >= 11 is 0. The van der Waals surface area contributed by atoms with Gasteiger partial charge in [-0.25, -0.2) is 28.3 Å². The van der Waals surface area contributed by atoms with Crippen molar-refractivity contribution in [3.8, 4) is 39.4 Å². The first-order chi connectivity index (χ1) is 27.8. The molecule has 7 rings (SSSR count). The number of nitrogens with zero attached hydrogens (tertiary/aromatic N) is 4. The highest BCUT2D eigenvalue weighted by Crippen LogP contribution is 2.44. The molecule has 2 fully saturated rings. The van der Waals surface area contributed by atoms with Crippen molar-refractivity contribution >= 4 is 24.0 Å². The monoisotopic (exact) mass is 802 g/mol. The second-order valence-electron chi connectivity index (χ2n) is 15.5. The predicted octanol–water partition coefficient (Wildman–Crippen LogP) is 6.39. The van der Waals surface area contributed by atoms with Crippen LogP contribution in [0.4, 0.5) is 18.4 Å². The number of nitrogens with one attached hydrogen (secondary N) is 4. The summed E-state index contributed by atoms with van der Waals surface area (Å²) < 4.78 is 47.8. The summed E-state index contributed by atoms with van der Waals surface area (Å²) in [6.07, 6.45) is 4.39. The third-order valence-corrected chi connectivity index (χ3v) is 11.2. The Morgan fingerprint density at radius 1 is 0.759 bits per heavy atom. The standard InChI is InChI=1S/C41H48F2N8O7/c1-20(2)34(48-40(54)56-5)38(52)50-13-7-9-30(50)36-44-17-28(46-36)23-12-11-22-24-15-27(42)25(16-32(24)58-19-26(22)33(23)43)29-18-45-37(47-29)31-10-8-14-51(31)39(53)35(21(3)4)49-41(55)57-6/h11-12,15-18,20-21,30-31,34-35H,7-10,13-14,19H2,1-6H3,(H,44,46)(H,45,47)(H,48,54)(H,49,55)/t30-,31-,34-,35?/m0/s1. The first-order valence-electron chi connectivity index (χ1n) is 19.5. The number of H-pyrrole nitrogens is 2. The van der Waals surface area contributed by atoms with Gasteiger partial charge in [0.25, 0.3) is 0 Å². The highest BCUT2D eigenvalue weighted by Gasteiger charge is 2.39.